The zero-order chi connectivity index (χ0) is 27.6. The maximum absolute atomic E-state index is 15.0. The number of β-amino-alcohol motifs (C(OH)–C–C–N with tert-alkyl or cyclic N) is 1. The average molecular weight is 549 g/mol. The molecule has 0 aromatic heterocycles. The molecule has 9 heteroatoms. The van der Waals surface area contributed by atoms with Crippen molar-refractivity contribution in [2.75, 3.05) is 39.3 Å². The van der Waals surface area contributed by atoms with E-state index in [1.165, 1.54) is 6.07 Å². The van der Waals surface area contributed by atoms with Crippen molar-refractivity contribution in [1.82, 2.24) is 9.80 Å². The Hall–Kier alpha value is -2.65. The van der Waals surface area contributed by atoms with Gasteiger partial charge in [-0.3, -0.25) is 4.79 Å². The Morgan fingerprint density at radius 2 is 1.72 bits per heavy atom. The minimum Gasteiger partial charge on any atom is -0.493 e. The van der Waals surface area contributed by atoms with Crippen molar-refractivity contribution in [3.05, 3.63) is 53.8 Å². The smallest absolute Gasteiger partial charge is 0.395 e. The minimum atomic E-state index is -4.14. The Labute approximate surface area is 226 Å². The van der Waals surface area contributed by atoms with E-state index in [-0.39, 0.29) is 31.2 Å². The molecule has 1 atom stereocenters. The molecule has 3 fully saturated rings. The zero-order valence-corrected chi connectivity index (χ0v) is 22.1. The molecule has 5 nitrogen and oxygen atoms in total. The minimum absolute atomic E-state index is 0.0905. The molecule has 2 aromatic rings. The second-order valence-corrected chi connectivity index (χ2v) is 11.4. The standard InChI is InChI=1S/C30H36F4N2O3/c31-27-17-25(39-19-21-10-15-35(16-11-21)20-29(12-2-13-29)30(32,33)34)8-9-26(27)22-4-6-23(7-5-22)28(38)36-14-1-3-24(37)18-36/h4-9,17,21,24,37H,1-3,10-16,18-20H2/t24-/m0/s1. The van der Waals surface area contributed by atoms with Crippen LogP contribution < -0.4 is 4.74 Å². The SMILES string of the molecule is O=C(c1ccc(-c2ccc(OCC3CCN(CC4(C(F)(F)F)CCC4)CC3)cc2F)cc1)N1CCC[C@H](O)C1. The van der Waals surface area contributed by atoms with E-state index >= 15 is 0 Å². The summed E-state index contributed by atoms with van der Waals surface area (Å²) in [7, 11) is 0. The molecule has 1 aliphatic carbocycles. The van der Waals surface area contributed by atoms with E-state index in [1.807, 2.05) is 4.90 Å². The van der Waals surface area contributed by atoms with Gasteiger partial charge in [-0.05, 0) is 87.4 Å². The van der Waals surface area contributed by atoms with Crippen molar-refractivity contribution in [2.24, 2.45) is 11.3 Å². The number of likely N-dealkylation sites (tertiary alicyclic amines) is 2. The summed E-state index contributed by atoms with van der Waals surface area (Å²) in [5.74, 6) is 0.0645. The van der Waals surface area contributed by atoms with Crippen LogP contribution >= 0.6 is 0 Å². The number of halogens is 4. The fourth-order valence-electron chi connectivity index (χ4n) is 6.02. The number of ether oxygens (including phenoxy) is 1. The van der Waals surface area contributed by atoms with Crippen LogP contribution in [0.4, 0.5) is 17.6 Å². The van der Waals surface area contributed by atoms with Crippen LogP contribution in [0.15, 0.2) is 42.5 Å². The summed E-state index contributed by atoms with van der Waals surface area (Å²) >= 11 is 0. The zero-order valence-electron chi connectivity index (χ0n) is 22.1. The second-order valence-electron chi connectivity index (χ2n) is 11.4. The van der Waals surface area contributed by atoms with Gasteiger partial charge >= 0.3 is 6.18 Å². The van der Waals surface area contributed by atoms with Crippen molar-refractivity contribution >= 4 is 5.91 Å². The number of carbonyl (C=O) groups excluding carboxylic acids is 1. The summed E-state index contributed by atoms with van der Waals surface area (Å²) in [4.78, 5) is 16.3. The van der Waals surface area contributed by atoms with Crippen molar-refractivity contribution in [1.29, 1.82) is 0 Å². The molecule has 1 saturated carbocycles. The third-order valence-corrected chi connectivity index (χ3v) is 8.70. The monoisotopic (exact) mass is 548 g/mol. The van der Waals surface area contributed by atoms with Gasteiger partial charge in [0.05, 0.1) is 18.1 Å². The van der Waals surface area contributed by atoms with E-state index < -0.39 is 23.5 Å². The highest BCUT2D eigenvalue weighted by Gasteiger charge is 2.58. The van der Waals surface area contributed by atoms with Gasteiger partial charge in [-0.2, -0.15) is 13.2 Å². The van der Waals surface area contributed by atoms with Gasteiger partial charge in [-0.15, -0.1) is 0 Å². The van der Waals surface area contributed by atoms with Crippen molar-refractivity contribution in [2.45, 2.75) is 57.2 Å². The molecule has 0 bridgehead atoms. The highest BCUT2D eigenvalue weighted by Crippen LogP contribution is 2.53. The van der Waals surface area contributed by atoms with Crippen molar-refractivity contribution < 1.29 is 32.2 Å². The number of nitrogens with zero attached hydrogens (tertiary/aromatic N) is 2. The van der Waals surface area contributed by atoms with E-state index in [4.69, 9.17) is 4.74 Å². The first-order chi connectivity index (χ1) is 18.6. The van der Waals surface area contributed by atoms with Crippen LogP contribution in [-0.4, -0.2) is 72.4 Å². The van der Waals surface area contributed by atoms with E-state index in [2.05, 4.69) is 0 Å². The summed E-state index contributed by atoms with van der Waals surface area (Å²) in [6, 6.07) is 11.5. The molecule has 39 heavy (non-hydrogen) atoms. The molecule has 2 aromatic carbocycles. The topological polar surface area (TPSA) is 53.0 Å². The highest BCUT2D eigenvalue weighted by molar-refractivity contribution is 5.94. The summed E-state index contributed by atoms with van der Waals surface area (Å²) in [6.07, 6.45) is -0.537. The number of benzene rings is 2. The Morgan fingerprint density at radius 3 is 2.31 bits per heavy atom. The molecule has 2 aliphatic heterocycles. The lowest BCUT2D eigenvalue weighted by molar-refractivity contribution is -0.256. The normalized spacial score (nSPS) is 22.4. The first-order valence-electron chi connectivity index (χ1n) is 13.9. The van der Waals surface area contributed by atoms with Crippen LogP contribution in [0.5, 0.6) is 5.75 Å². The van der Waals surface area contributed by atoms with E-state index in [0.717, 1.165) is 19.3 Å². The quantitative estimate of drug-likeness (QED) is 0.437. The average Bonchev–Trinajstić information content (AvgIpc) is 2.89. The van der Waals surface area contributed by atoms with Crippen LogP contribution in [0.1, 0.15) is 55.3 Å². The van der Waals surface area contributed by atoms with Gasteiger partial charge in [-0.25, -0.2) is 4.39 Å². The highest BCUT2D eigenvalue weighted by atomic mass is 19.4. The molecule has 5 rings (SSSR count). The molecule has 1 N–H and O–H groups in total. The van der Waals surface area contributed by atoms with Gasteiger partial charge in [0, 0.05) is 36.8 Å². The molecule has 0 unspecified atom stereocenters. The van der Waals surface area contributed by atoms with E-state index in [1.54, 1.807) is 41.3 Å². The van der Waals surface area contributed by atoms with Gasteiger partial charge in [0.15, 0.2) is 0 Å². The van der Waals surface area contributed by atoms with Crippen LogP contribution in [0.25, 0.3) is 11.1 Å². The summed E-state index contributed by atoms with van der Waals surface area (Å²) < 4.78 is 61.3. The summed E-state index contributed by atoms with van der Waals surface area (Å²) in [5.41, 5.74) is 0.0189. The van der Waals surface area contributed by atoms with Crippen molar-refractivity contribution in [3.8, 4) is 16.9 Å². The van der Waals surface area contributed by atoms with Crippen LogP contribution in [0.3, 0.4) is 0 Å². The van der Waals surface area contributed by atoms with Gasteiger partial charge in [0.1, 0.15) is 11.6 Å². The molecule has 0 spiro atoms. The van der Waals surface area contributed by atoms with Gasteiger partial charge < -0.3 is 19.6 Å². The number of hydrogen-bond acceptors (Lipinski definition) is 4. The van der Waals surface area contributed by atoms with Crippen LogP contribution in [-0.2, 0) is 0 Å². The largest absolute Gasteiger partial charge is 0.493 e. The second kappa shape index (κ2) is 11.5. The predicted molar refractivity (Wildman–Crippen MR) is 140 cm³/mol. The molecule has 1 amide bonds. The number of amides is 1. The maximum Gasteiger partial charge on any atom is 0.395 e. The third-order valence-electron chi connectivity index (χ3n) is 8.70. The lowest BCUT2D eigenvalue weighted by Gasteiger charge is -2.47. The van der Waals surface area contributed by atoms with Gasteiger partial charge in [0.2, 0.25) is 0 Å². The number of carbonyl (C=O) groups is 1. The molecule has 2 saturated heterocycles. The molecule has 0 radical (unpaired) electrons. The Kier molecular flexibility index (Phi) is 8.19. The third kappa shape index (κ3) is 6.24. The number of aliphatic hydroxyl groups excluding tert-OH is 1. The Bertz CT molecular complexity index is 1140. The van der Waals surface area contributed by atoms with Crippen LogP contribution in [0.2, 0.25) is 0 Å². The number of rotatable bonds is 7. The van der Waals surface area contributed by atoms with Gasteiger partial charge in [-0.1, -0.05) is 18.6 Å². The van der Waals surface area contributed by atoms with E-state index in [0.29, 0.717) is 68.1 Å². The number of alkyl halides is 3. The Morgan fingerprint density at radius 1 is 1.00 bits per heavy atom. The predicted octanol–water partition coefficient (Wildman–Crippen LogP) is 5.91. The maximum atomic E-state index is 15.0. The summed E-state index contributed by atoms with van der Waals surface area (Å²) in [5, 5.41) is 9.83. The fourth-order valence-corrected chi connectivity index (χ4v) is 6.02. The van der Waals surface area contributed by atoms with Crippen molar-refractivity contribution in [3.63, 3.8) is 0 Å². The molecule has 212 valence electrons. The fraction of sp³-hybridized carbons (Fsp3) is 0.567. The summed E-state index contributed by atoms with van der Waals surface area (Å²) in [6.45, 7) is 2.68. The molecule has 3 aliphatic rings. The number of aliphatic hydroxyl groups is 1. The lowest BCUT2D eigenvalue weighted by Crippen LogP contribution is -2.53. The van der Waals surface area contributed by atoms with E-state index in [9.17, 15) is 27.5 Å². The van der Waals surface area contributed by atoms with Crippen LogP contribution in [0, 0.1) is 17.2 Å². The lowest BCUT2D eigenvalue weighted by atomic mass is 9.67. The molecular formula is C30H36F4N2O3. The number of piperidine rings is 2. The number of hydrogen-bond donors (Lipinski definition) is 1. The molecule has 2 heterocycles. The first-order valence-corrected chi connectivity index (χ1v) is 13.9. The Balaban J connectivity index is 1.11. The molecular weight excluding hydrogens is 512 g/mol. The van der Waals surface area contributed by atoms with Gasteiger partial charge in [0.25, 0.3) is 5.91 Å². The first kappa shape index (κ1) is 27.9.